The summed E-state index contributed by atoms with van der Waals surface area (Å²) in [7, 11) is 1.86. The van der Waals surface area contributed by atoms with Crippen LogP contribution in [0, 0.1) is 5.41 Å². The van der Waals surface area contributed by atoms with E-state index in [0.717, 1.165) is 11.3 Å². The van der Waals surface area contributed by atoms with Crippen molar-refractivity contribution >= 4 is 11.4 Å². The molecule has 72 valence electrons. The van der Waals surface area contributed by atoms with E-state index in [1.165, 1.54) is 0 Å². The summed E-state index contributed by atoms with van der Waals surface area (Å²) in [5.74, 6) is 0. The van der Waals surface area contributed by atoms with Crippen molar-refractivity contribution in [2.75, 3.05) is 12.4 Å². The fourth-order valence-electron chi connectivity index (χ4n) is 1.03. The Morgan fingerprint density at radius 3 is 2.15 bits per heavy atom. The maximum absolute atomic E-state index is 7.44. The largest absolute Gasteiger partial charge is 0.388 e. The van der Waals surface area contributed by atoms with Gasteiger partial charge in [-0.2, -0.15) is 0 Å². The summed E-state index contributed by atoms with van der Waals surface area (Å²) in [6.45, 7) is 5.79. The van der Waals surface area contributed by atoms with Gasteiger partial charge in [-0.1, -0.05) is 32.0 Å². The molecule has 0 fully saturated rings. The van der Waals surface area contributed by atoms with Crippen LogP contribution in [0.3, 0.4) is 0 Å². The number of hydrogen-bond donors (Lipinski definition) is 2. The summed E-state index contributed by atoms with van der Waals surface area (Å²) in [4.78, 5) is 0. The van der Waals surface area contributed by atoms with Crippen LogP contribution in [0.1, 0.15) is 26.3 Å². The second-order valence-corrected chi connectivity index (χ2v) is 2.42. The lowest BCUT2D eigenvalue weighted by molar-refractivity contribution is 1.42. The van der Waals surface area contributed by atoms with Crippen LogP contribution in [0.15, 0.2) is 24.3 Å². The lowest BCUT2D eigenvalue weighted by Gasteiger charge is -2.05. The van der Waals surface area contributed by atoms with Gasteiger partial charge in [-0.05, 0) is 13.0 Å². The molecule has 0 amide bonds. The standard InChI is InChI=1S/C9H12N2.C2H6/c1-7(10)8-5-3-4-6-9(8)11-2;1-2/h3-6,10-11H,1-2H3;1-2H3. The molecule has 0 saturated heterocycles. The molecule has 0 aliphatic heterocycles. The van der Waals surface area contributed by atoms with Crippen LogP contribution in [0.2, 0.25) is 0 Å². The number of hydrogen-bond acceptors (Lipinski definition) is 2. The second kappa shape index (κ2) is 6.23. The van der Waals surface area contributed by atoms with Crippen LogP contribution in [-0.4, -0.2) is 12.8 Å². The zero-order valence-corrected chi connectivity index (χ0v) is 8.81. The first-order chi connectivity index (χ1) is 6.25. The van der Waals surface area contributed by atoms with Gasteiger partial charge < -0.3 is 10.7 Å². The molecule has 1 rings (SSSR count). The van der Waals surface area contributed by atoms with Crippen molar-refractivity contribution in [3.05, 3.63) is 29.8 Å². The molecule has 2 N–H and O–H groups in total. The average molecular weight is 178 g/mol. The monoisotopic (exact) mass is 178 g/mol. The quantitative estimate of drug-likeness (QED) is 0.670. The van der Waals surface area contributed by atoms with Crippen LogP contribution in [-0.2, 0) is 0 Å². The van der Waals surface area contributed by atoms with E-state index in [1.54, 1.807) is 6.92 Å². The summed E-state index contributed by atoms with van der Waals surface area (Å²) in [6.07, 6.45) is 0. The van der Waals surface area contributed by atoms with Gasteiger partial charge >= 0.3 is 0 Å². The Morgan fingerprint density at radius 2 is 1.77 bits per heavy atom. The minimum absolute atomic E-state index is 0.593. The predicted octanol–water partition coefficient (Wildman–Crippen LogP) is 3.14. The van der Waals surface area contributed by atoms with Gasteiger partial charge in [-0.3, -0.25) is 0 Å². The van der Waals surface area contributed by atoms with E-state index in [2.05, 4.69) is 5.32 Å². The molecule has 0 bridgehead atoms. The molecule has 0 unspecified atom stereocenters. The Bertz CT molecular complexity index is 267. The zero-order chi connectivity index (χ0) is 10.3. The van der Waals surface area contributed by atoms with Crippen LogP contribution in [0.25, 0.3) is 0 Å². The highest BCUT2D eigenvalue weighted by atomic mass is 14.8. The summed E-state index contributed by atoms with van der Waals surface area (Å²) in [5.41, 5.74) is 2.57. The maximum atomic E-state index is 7.44. The SMILES string of the molecule is CC.CNc1ccccc1C(C)=N. The molecule has 0 aromatic heterocycles. The van der Waals surface area contributed by atoms with E-state index >= 15 is 0 Å². The number of nitrogens with one attached hydrogen (secondary N) is 2. The molecule has 2 heteroatoms. The van der Waals surface area contributed by atoms with E-state index in [1.807, 2.05) is 45.2 Å². The highest BCUT2D eigenvalue weighted by Crippen LogP contribution is 2.13. The third-order valence-corrected chi connectivity index (χ3v) is 1.60. The third kappa shape index (κ3) is 3.28. The highest BCUT2D eigenvalue weighted by molar-refractivity contribution is 6.01. The van der Waals surface area contributed by atoms with Gasteiger partial charge in [0.1, 0.15) is 0 Å². The number of benzene rings is 1. The predicted molar refractivity (Wildman–Crippen MR) is 59.8 cm³/mol. The van der Waals surface area contributed by atoms with Gasteiger partial charge in [0.25, 0.3) is 0 Å². The molecule has 0 radical (unpaired) electrons. The molecule has 0 atom stereocenters. The number of para-hydroxylation sites is 1. The van der Waals surface area contributed by atoms with E-state index in [-0.39, 0.29) is 0 Å². The number of anilines is 1. The molecule has 0 spiro atoms. The Morgan fingerprint density at radius 1 is 1.23 bits per heavy atom. The fourth-order valence-corrected chi connectivity index (χ4v) is 1.03. The second-order valence-electron chi connectivity index (χ2n) is 2.42. The summed E-state index contributed by atoms with van der Waals surface area (Å²) in [5, 5.41) is 10.5. The Kier molecular flexibility index (Phi) is 5.60. The molecular formula is C11H18N2. The van der Waals surface area contributed by atoms with Gasteiger partial charge in [0, 0.05) is 24.0 Å². The van der Waals surface area contributed by atoms with Gasteiger partial charge in [0.2, 0.25) is 0 Å². The van der Waals surface area contributed by atoms with Crippen LogP contribution in [0.4, 0.5) is 5.69 Å². The molecule has 2 nitrogen and oxygen atoms in total. The molecule has 0 aliphatic carbocycles. The van der Waals surface area contributed by atoms with E-state index in [9.17, 15) is 0 Å². The highest BCUT2D eigenvalue weighted by Gasteiger charge is 1.99. The third-order valence-electron chi connectivity index (χ3n) is 1.60. The average Bonchev–Trinajstić information content (AvgIpc) is 2.20. The molecule has 13 heavy (non-hydrogen) atoms. The van der Waals surface area contributed by atoms with Crippen molar-refractivity contribution in [3.63, 3.8) is 0 Å². The lowest BCUT2D eigenvalue weighted by Crippen LogP contribution is -1.98. The van der Waals surface area contributed by atoms with E-state index in [4.69, 9.17) is 5.41 Å². The fraction of sp³-hybridized carbons (Fsp3) is 0.364. The minimum atomic E-state index is 0.593. The Labute approximate surface area is 80.5 Å². The van der Waals surface area contributed by atoms with Gasteiger partial charge in [0.05, 0.1) is 0 Å². The zero-order valence-electron chi connectivity index (χ0n) is 8.81. The summed E-state index contributed by atoms with van der Waals surface area (Å²) < 4.78 is 0. The van der Waals surface area contributed by atoms with E-state index < -0.39 is 0 Å². The van der Waals surface area contributed by atoms with Crippen LogP contribution < -0.4 is 5.32 Å². The Hall–Kier alpha value is -1.31. The van der Waals surface area contributed by atoms with Crippen LogP contribution in [0.5, 0.6) is 0 Å². The molecule has 0 heterocycles. The van der Waals surface area contributed by atoms with Crippen LogP contribution >= 0.6 is 0 Å². The van der Waals surface area contributed by atoms with Crippen molar-refractivity contribution in [2.24, 2.45) is 0 Å². The van der Waals surface area contributed by atoms with Gasteiger partial charge in [-0.15, -0.1) is 0 Å². The van der Waals surface area contributed by atoms with Crippen molar-refractivity contribution in [1.29, 1.82) is 5.41 Å². The molecular weight excluding hydrogens is 160 g/mol. The van der Waals surface area contributed by atoms with Crippen molar-refractivity contribution in [1.82, 2.24) is 0 Å². The van der Waals surface area contributed by atoms with Gasteiger partial charge in [0.15, 0.2) is 0 Å². The molecule has 1 aromatic carbocycles. The van der Waals surface area contributed by atoms with Crippen molar-refractivity contribution < 1.29 is 0 Å². The van der Waals surface area contributed by atoms with Crippen molar-refractivity contribution in [2.45, 2.75) is 20.8 Å². The summed E-state index contributed by atoms with van der Waals surface area (Å²) >= 11 is 0. The molecule has 0 saturated carbocycles. The lowest BCUT2D eigenvalue weighted by atomic mass is 10.1. The minimum Gasteiger partial charge on any atom is -0.388 e. The Balaban J connectivity index is 0.000000671. The smallest absolute Gasteiger partial charge is 0.0429 e. The molecule has 0 aliphatic rings. The first-order valence-electron chi connectivity index (χ1n) is 4.58. The van der Waals surface area contributed by atoms with E-state index in [0.29, 0.717) is 5.71 Å². The van der Waals surface area contributed by atoms with Crippen molar-refractivity contribution in [3.8, 4) is 0 Å². The maximum Gasteiger partial charge on any atom is 0.0429 e. The first-order valence-corrected chi connectivity index (χ1v) is 4.58. The van der Waals surface area contributed by atoms with Gasteiger partial charge in [-0.25, -0.2) is 0 Å². The summed E-state index contributed by atoms with van der Waals surface area (Å²) in [6, 6.07) is 7.80. The number of rotatable bonds is 2. The first kappa shape index (κ1) is 11.7. The molecule has 1 aromatic rings. The normalized spacial score (nSPS) is 8.31. The topological polar surface area (TPSA) is 35.9 Å².